The summed E-state index contributed by atoms with van der Waals surface area (Å²) < 4.78 is 16.7. The summed E-state index contributed by atoms with van der Waals surface area (Å²) in [5.74, 6) is 5.44. The highest BCUT2D eigenvalue weighted by atomic mass is 79.9. The highest BCUT2D eigenvalue weighted by Gasteiger charge is 2.15. The van der Waals surface area contributed by atoms with E-state index in [1.165, 1.54) is 20.3 Å². The third kappa shape index (κ3) is 2.94. The average Bonchev–Trinajstić information content (AvgIpc) is 2.95. The molecule has 3 N–H and O–H groups in total. The van der Waals surface area contributed by atoms with Gasteiger partial charge in [-0.05, 0) is 47.7 Å². The van der Waals surface area contributed by atoms with Crippen LogP contribution in [0, 0.1) is 5.82 Å². The quantitative estimate of drug-likeness (QED) is 0.519. The molecule has 0 bridgehead atoms. The normalized spacial score (nSPS) is 12.9. The maximum atomic E-state index is 13.4. The zero-order valence-corrected chi connectivity index (χ0v) is 13.6. The van der Waals surface area contributed by atoms with E-state index in [-0.39, 0.29) is 11.9 Å². The molecule has 0 radical (unpaired) electrons. The van der Waals surface area contributed by atoms with Gasteiger partial charge in [-0.15, -0.1) is 22.7 Å². The Bertz CT molecular complexity index is 689. The van der Waals surface area contributed by atoms with Gasteiger partial charge in [-0.3, -0.25) is 11.3 Å². The first-order valence-electron chi connectivity index (χ1n) is 6.04. The smallest absolute Gasteiger partial charge is 0.124 e. The van der Waals surface area contributed by atoms with Crippen LogP contribution >= 0.6 is 38.6 Å². The Kier molecular flexibility index (Phi) is 4.18. The summed E-state index contributed by atoms with van der Waals surface area (Å²) in [6.45, 7) is 0. The maximum absolute atomic E-state index is 13.4. The Hall–Kier alpha value is -0.790. The molecule has 0 aliphatic rings. The molecule has 1 atom stereocenters. The van der Waals surface area contributed by atoms with Crippen LogP contribution in [0.15, 0.2) is 40.2 Å². The van der Waals surface area contributed by atoms with Crippen molar-refractivity contribution >= 4 is 48.0 Å². The summed E-state index contributed by atoms with van der Waals surface area (Å²) in [7, 11) is 0. The Morgan fingerprint density at radius 1 is 1.25 bits per heavy atom. The first-order chi connectivity index (χ1) is 9.65. The van der Waals surface area contributed by atoms with Crippen molar-refractivity contribution in [2.24, 2.45) is 5.84 Å². The lowest BCUT2D eigenvalue weighted by atomic mass is 10.1. The van der Waals surface area contributed by atoms with Crippen LogP contribution in [0.2, 0.25) is 0 Å². The first kappa shape index (κ1) is 14.2. The minimum absolute atomic E-state index is 0.00620. The van der Waals surface area contributed by atoms with Gasteiger partial charge in [0.1, 0.15) is 5.82 Å². The van der Waals surface area contributed by atoms with Gasteiger partial charge in [-0.2, -0.15) is 0 Å². The Morgan fingerprint density at radius 3 is 2.80 bits per heavy atom. The van der Waals surface area contributed by atoms with Crippen molar-refractivity contribution in [1.29, 1.82) is 0 Å². The number of fused-ring (bicyclic) bond motifs is 1. The Morgan fingerprint density at radius 2 is 2.10 bits per heavy atom. The molecule has 1 aromatic carbocycles. The lowest BCUT2D eigenvalue weighted by Gasteiger charge is -2.14. The van der Waals surface area contributed by atoms with Gasteiger partial charge in [0.15, 0.2) is 0 Å². The molecule has 0 amide bonds. The molecule has 0 spiro atoms. The summed E-state index contributed by atoms with van der Waals surface area (Å²) in [4.78, 5) is 1.18. The number of hydrogen-bond donors (Lipinski definition) is 2. The van der Waals surface area contributed by atoms with Crippen LogP contribution in [0.3, 0.4) is 0 Å². The van der Waals surface area contributed by atoms with Crippen molar-refractivity contribution in [3.8, 4) is 0 Å². The van der Waals surface area contributed by atoms with E-state index in [4.69, 9.17) is 5.84 Å². The van der Waals surface area contributed by atoms with E-state index in [0.717, 1.165) is 10.0 Å². The number of halogens is 2. The van der Waals surface area contributed by atoms with E-state index in [1.54, 1.807) is 28.7 Å². The zero-order valence-electron chi connectivity index (χ0n) is 10.4. The van der Waals surface area contributed by atoms with Gasteiger partial charge in [0.05, 0.1) is 6.04 Å². The Balaban J connectivity index is 1.88. The van der Waals surface area contributed by atoms with Crippen molar-refractivity contribution in [2.45, 2.75) is 12.5 Å². The lowest BCUT2D eigenvalue weighted by Crippen LogP contribution is -2.28. The van der Waals surface area contributed by atoms with Gasteiger partial charge in [0, 0.05) is 18.7 Å². The fourth-order valence-corrected chi connectivity index (χ4v) is 4.85. The van der Waals surface area contributed by atoms with E-state index in [2.05, 4.69) is 38.9 Å². The van der Waals surface area contributed by atoms with Crippen LogP contribution in [-0.2, 0) is 6.42 Å². The van der Waals surface area contributed by atoms with E-state index in [1.807, 2.05) is 6.07 Å². The van der Waals surface area contributed by atoms with E-state index < -0.39 is 0 Å². The zero-order chi connectivity index (χ0) is 14.1. The third-order valence-electron chi connectivity index (χ3n) is 3.07. The minimum Gasteiger partial charge on any atom is -0.271 e. The predicted octanol–water partition coefficient (Wildman–Crippen LogP) is 4.61. The Labute approximate surface area is 132 Å². The number of nitrogens with two attached hydrogens (primary N) is 1. The van der Waals surface area contributed by atoms with Crippen molar-refractivity contribution in [1.82, 2.24) is 5.43 Å². The molecule has 0 saturated carbocycles. The van der Waals surface area contributed by atoms with Gasteiger partial charge in [-0.25, -0.2) is 4.39 Å². The molecule has 2 heterocycles. The number of hydrogen-bond acceptors (Lipinski definition) is 4. The molecule has 0 aliphatic carbocycles. The van der Waals surface area contributed by atoms with E-state index >= 15 is 0 Å². The highest BCUT2D eigenvalue weighted by molar-refractivity contribution is 9.10. The molecule has 3 rings (SSSR count). The molecule has 2 nitrogen and oxygen atoms in total. The lowest BCUT2D eigenvalue weighted by molar-refractivity contribution is 0.556. The average molecular weight is 371 g/mol. The number of hydrazine groups is 1. The van der Waals surface area contributed by atoms with Crippen molar-refractivity contribution in [3.05, 3.63) is 56.4 Å². The molecule has 2 aromatic heterocycles. The third-order valence-corrected chi connectivity index (χ3v) is 5.73. The summed E-state index contributed by atoms with van der Waals surface area (Å²) in [5.41, 5.74) is 3.75. The van der Waals surface area contributed by atoms with Gasteiger partial charge in [0.25, 0.3) is 0 Å². The summed E-state index contributed by atoms with van der Waals surface area (Å²) in [6.07, 6.45) is 0.653. The molecule has 20 heavy (non-hydrogen) atoms. The number of rotatable bonds is 4. The predicted molar refractivity (Wildman–Crippen MR) is 87.6 cm³/mol. The molecule has 1 unspecified atom stereocenters. The van der Waals surface area contributed by atoms with Crippen LogP contribution in [0.4, 0.5) is 4.39 Å². The summed E-state index contributed by atoms with van der Waals surface area (Å²) in [5, 5.41) is 2.08. The standard InChI is InChI=1S/C14H12BrFN2S2/c15-9-3-8(4-10(16)6-9)5-11(18-17)13-7-14-12(20-13)1-2-19-14/h1-4,6-7,11,18H,5,17H2. The minimum atomic E-state index is -0.239. The van der Waals surface area contributed by atoms with Gasteiger partial charge in [0.2, 0.25) is 0 Å². The second kappa shape index (κ2) is 5.91. The van der Waals surface area contributed by atoms with Crippen LogP contribution in [0.25, 0.3) is 9.40 Å². The van der Waals surface area contributed by atoms with Crippen molar-refractivity contribution < 1.29 is 4.39 Å². The molecule has 0 saturated heterocycles. The maximum Gasteiger partial charge on any atom is 0.124 e. The van der Waals surface area contributed by atoms with Crippen molar-refractivity contribution in [3.63, 3.8) is 0 Å². The second-order valence-electron chi connectivity index (χ2n) is 4.50. The van der Waals surface area contributed by atoms with Gasteiger partial charge in [-0.1, -0.05) is 15.9 Å². The molecule has 6 heteroatoms. The fourth-order valence-electron chi connectivity index (χ4n) is 2.16. The topological polar surface area (TPSA) is 38.0 Å². The molecular formula is C14H12BrFN2S2. The summed E-state index contributed by atoms with van der Waals surface area (Å²) in [6, 6.07) is 9.18. The molecule has 104 valence electrons. The number of thiophene rings is 2. The van der Waals surface area contributed by atoms with Crippen LogP contribution in [-0.4, -0.2) is 0 Å². The first-order valence-corrected chi connectivity index (χ1v) is 8.52. The number of benzene rings is 1. The fraction of sp³-hybridized carbons (Fsp3) is 0.143. The SMILES string of the molecule is NNC(Cc1cc(F)cc(Br)c1)c1cc2sccc2s1. The van der Waals surface area contributed by atoms with Gasteiger partial charge >= 0.3 is 0 Å². The highest BCUT2D eigenvalue weighted by Crippen LogP contribution is 2.34. The van der Waals surface area contributed by atoms with E-state index in [0.29, 0.717) is 6.42 Å². The van der Waals surface area contributed by atoms with Crippen LogP contribution in [0.1, 0.15) is 16.5 Å². The largest absolute Gasteiger partial charge is 0.271 e. The van der Waals surface area contributed by atoms with Crippen LogP contribution in [0.5, 0.6) is 0 Å². The number of nitrogens with one attached hydrogen (secondary N) is 1. The monoisotopic (exact) mass is 370 g/mol. The van der Waals surface area contributed by atoms with Crippen LogP contribution < -0.4 is 11.3 Å². The summed E-state index contributed by atoms with van der Waals surface area (Å²) >= 11 is 6.76. The molecule has 3 aromatic rings. The molecule has 0 fully saturated rings. The van der Waals surface area contributed by atoms with Gasteiger partial charge < -0.3 is 0 Å². The second-order valence-corrected chi connectivity index (χ2v) is 7.48. The molecule has 0 aliphatic heterocycles. The van der Waals surface area contributed by atoms with Crippen molar-refractivity contribution in [2.75, 3.05) is 0 Å². The molecular weight excluding hydrogens is 359 g/mol. The van der Waals surface area contributed by atoms with E-state index in [9.17, 15) is 4.39 Å².